The first kappa shape index (κ1) is 23.0. The molecule has 1 unspecified atom stereocenters. The zero-order valence-electron chi connectivity index (χ0n) is 19.7. The summed E-state index contributed by atoms with van der Waals surface area (Å²) in [6, 6.07) is 36.1. The average Bonchev–Trinajstić information content (AvgIpc) is 3.51. The van der Waals surface area contributed by atoms with Gasteiger partial charge in [-0.25, -0.2) is 0 Å². The molecule has 0 fully saturated rings. The number of fused-ring (bicyclic) bond motifs is 3. The summed E-state index contributed by atoms with van der Waals surface area (Å²) in [5.74, 6) is 0.467. The van der Waals surface area contributed by atoms with E-state index in [1.165, 1.54) is 44.5 Å². The fraction of sp³-hybridized carbons (Fsp3) is 0.152. The Morgan fingerprint density at radius 2 is 1.15 bits per heavy atom. The number of benzene rings is 4. The summed E-state index contributed by atoms with van der Waals surface area (Å²) in [6.07, 6.45) is 9.25. The molecule has 0 nitrogen and oxygen atoms in total. The second-order valence-electron chi connectivity index (χ2n) is 9.39. The predicted molar refractivity (Wildman–Crippen MR) is 139 cm³/mol. The van der Waals surface area contributed by atoms with E-state index in [2.05, 4.69) is 135 Å². The second kappa shape index (κ2) is 9.12. The fourth-order valence-corrected chi connectivity index (χ4v) is 6.34. The van der Waals surface area contributed by atoms with Crippen molar-refractivity contribution in [3.05, 3.63) is 155 Å². The number of aryl methyl sites for hydroxylation is 1. The molecule has 2 aliphatic rings. The molecule has 0 saturated carbocycles. The van der Waals surface area contributed by atoms with Crippen molar-refractivity contribution in [2.45, 2.75) is 25.2 Å². The maximum Gasteiger partial charge on any atom is 0.0412 e. The van der Waals surface area contributed by atoms with Gasteiger partial charge in [-0.1, -0.05) is 121 Å². The Hall–Kier alpha value is -2.76. The van der Waals surface area contributed by atoms with Crippen LogP contribution in [0.2, 0.25) is 0 Å². The van der Waals surface area contributed by atoms with Crippen LogP contribution in [0.1, 0.15) is 39.3 Å². The third-order valence-corrected chi connectivity index (χ3v) is 7.86. The molecule has 34 heavy (non-hydrogen) atoms. The molecule has 0 heterocycles. The molecule has 6 rings (SSSR count). The Bertz CT molecular complexity index is 1340. The van der Waals surface area contributed by atoms with E-state index in [4.69, 9.17) is 0 Å². The van der Waals surface area contributed by atoms with E-state index in [9.17, 15) is 0 Å². The molecule has 164 valence electrons. The van der Waals surface area contributed by atoms with E-state index < -0.39 is 0 Å². The van der Waals surface area contributed by atoms with Gasteiger partial charge in [0.2, 0.25) is 0 Å². The number of hydrogen-bond donors (Lipinski definition) is 0. The van der Waals surface area contributed by atoms with Crippen LogP contribution in [0.15, 0.2) is 121 Å². The summed E-state index contributed by atoms with van der Waals surface area (Å²) in [5, 5.41) is 0. The standard InChI is InChI=1S/C33H28.Zr/c1-23-13-12-22-31(24(23)2)33(26-16-6-7-17-26,25-14-4-3-5-15-25)32-29-20-10-8-18-27(29)28-19-9-11-21-30(28)32;/h3-22,26,32H,1-2H3;. The summed E-state index contributed by atoms with van der Waals surface area (Å²) >= 11 is 0. The van der Waals surface area contributed by atoms with Crippen molar-refractivity contribution in [1.29, 1.82) is 0 Å². The Kier molecular flexibility index (Phi) is 6.17. The maximum atomic E-state index is 2.40. The summed E-state index contributed by atoms with van der Waals surface area (Å²) in [4.78, 5) is 0. The van der Waals surface area contributed by atoms with Gasteiger partial charge >= 0.3 is 0 Å². The molecule has 0 aliphatic heterocycles. The minimum atomic E-state index is -0.260. The molecule has 4 aromatic rings. The minimum Gasteiger partial charge on any atom is -0.0764 e. The van der Waals surface area contributed by atoms with Gasteiger partial charge in [0.1, 0.15) is 0 Å². The molecule has 0 spiro atoms. The van der Waals surface area contributed by atoms with Gasteiger partial charge in [0.15, 0.2) is 0 Å². The van der Waals surface area contributed by atoms with E-state index in [1.54, 1.807) is 0 Å². The van der Waals surface area contributed by atoms with Crippen molar-refractivity contribution in [2.24, 2.45) is 5.92 Å². The first-order valence-corrected chi connectivity index (χ1v) is 11.9. The normalized spacial score (nSPS) is 16.1. The Labute approximate surface area is 222 Å². The fourth-order valence-electron chi connectivity index (χ4n) is 6.34. The first-order valence-electron chi connectivity index (χ1n) is 11.9. The van der Waals surface area contributed by atoms with Crippen molar-refractivity contribution in [1.82, 2.24) is 0 Å². The predicted octanol–water partition coefficient (Wildman–Crippen LogP) is 8.14. The van der Waals surface area contributed by atoms with E-state index in [1.807, 2.05) is 0 Å². The third-order valence-electron chi connectivity index (χ3n) is 7.86. The molecule has 0 radical (unpaired) electrons. The van der Waals surface area contributed by atoms with Crippen LogP contribution in [0.4, 0.5) is 0 Å². The van der Waals surface area contributed by atoms with Gasteiger partial charge in [-0.05, 0) is 58.4 Å². The molecule has 1 atom stereocenters. The van der Waals surface area contributed by atoms with Crippen LogP contribution in [-0.4, -0.2) is 0 Å². The first-order chi connectivity index (χ1) is 16.2. The second-order valence-corrected chi connectivity index (χ2v) is 9.39. The third kappa shape index (κ3) is 3.29. The topological polar surface area (TPSA) is 0 Å². The van der Waals surface area contributed by atoms with E-state index in [0.717, 1.165) is 0 Å². The number of hydrogen-bond acceptors (Lipinski definition) is 0. The van der Waals surface area contributed by atoms with Crippen LogP contribution in [0.25, 0.3) is 11.1 Å². The summed E-state index contributed by atoms with van der Waals surface area (Å²) in [6.45, 7) is 4.54. The zero-order valence-corrected chi connectivity index (χ0v) is 22.2. The van der Waals surface area contributed by atoms with Crippen molar-refractivity contribution in [3.63, 3.8) is 0 Å². The molecule has 0 bridgehead atoms. The van der Waals surface area contributed by atoms with Crippen molar-refractivity contribution in [3.8, 4) is 11.1 Å². The van der Waals surface area contributed by atoms with Crippen molar-refractivity contribution < 1.29 is 26.2 Å². The van der Waals surface area contributed by atoms with Gasteiger partial charge in [0.25, 0.3) is 0 Å². The maximum absolute atomic E-state index is 2.40. The molecule has 4 aromatic carbocycles. The van der Waals surface area contributed by atoms with Crippen molar-refractivity contribution >= 4 is 0 Å². The number of rotatable bonds is 4. The van der Waals surface area contributed by atoms with E-state index in [0.29, 0.717) is 0 Å². The van der Waals surface area contributed by atoms with Crippen LogP contribution in [-0.2, 0) is 31.6 Å². The van der Waals surface area contributed by atoms with Crippen LogP contribution < -0.4 is 0 Å². The molecule has 2 aliphatic carbocycles. The number of allylic oxidation sites excluding steroid dienone is 4. The molecular formula is C33H28Zr. The van der Waals surface area contributed by atoms with E-state index >= 15 is 0 Å². The Morgan fingerprint density at radius 1 is 0.588 bits per heavy atom. The van der Waals surface area contributed by atoms with Crippen molar-refractivity contribution in [2.75, 3.05) is 0 Å². The van der Waals surface area contributed by atoms with Crippen LogP contribution in [0, 0.1) is 19.8 Å². The van der Waals surface area contributed by atoms with Gasteiger partial charge < -0.3 is 0 Å². The SMILES string of the molecule is Cc1cccc(C(c2ccccc2)(C2C=CC=C2)C2c3ccccc3-c3ccccc32)c1C.[Zr]. The molecule has 0 amide bonds. The van der Waals surface area contributed by atoms with Crippen LogP contribution in [0.3, 0.4) is 0 Å². The quantitative estimate of drug-likeness (QED) is 0.257. The molecule has 0 aromatic heterocycles. The van der Waals surface area contributed by atoms with Gasteiger partial charge in [0.05, 0.1) is 0 Å². The molecule has 0 N–H and O–H groups in total. The van der Waals surface area contributed by atoms with Gasteiger partial charge in [-0.2, -0.15) is 0 Å². The smallest absolute Gasteiger partial charge is 0.0412 e. The molecular weight excluding hydrogens is 488 g/mol. The Balaban J connectivity index is 0.00000241. The van der Waals surface area contributed by atoms with Gasteiger partial charge in [-0.15, -0.1) is 0 Å². The summed E-state index contributed by atoms with van der Waals surface area (Å²) < 4.78 is 0. The molecule has 0 saturated heterocycles. The Morgan fingerprint density at radius 3 is 1.76 bits per heavy atom. The van der Waals surface area contributed by atoms with Gasteiger partial charge in [0, 0.05) is 43.5 Å². The van der Waals surface area contributed by atoms with E-state index in [-0.39, 0.29) is 43.5 Å². The van der Waals surface area contributed by atoms with Crippen LogP contribution in [0.5, 0.6) is 0 Å². The minimum absolute atomic E-state index is 0. The summed E-state index contributed by atoms with van der Waals surface area (Å²) in [7, 11) is 0. The average molecular weight is 516 g/mol. The zero-order chi connectivity index (χ0) is 22.4. The van der Waals surface area contributed by atoms with Crippen LogP contribution >= 0.6 is 0 Å². The summed E-state index contributed by atoms with van der Waals surface area (Å²) in [5.41, 5.74) is 10.9. The van der Waals surface area contributed by atoms with Gasteiger partial charge in [-0.3, -0.25) is 0 Å². The molecule has 1 heteroatoms. The largest absolute Gasteiger partial charge is 0.0764 e. The monoisotopic (exact) mass is 514 g/mol.